The summed E-state index contributed by atoms with van der Waals surface area (Å²) in [6.07, 6.45) is 4.73. The summed E-state index contributed by atoms with van der Waals surface area (Å²) < 4.78 is 0. The monoisotopic (exact) mass is 112 g/mol. The fourth-order valence-corrected chi connectivity index (χ4v) is 0.281. The van der Waals surface area contributed by atoms with Crippen molar-refractivity contribution in [3.8, 4) is 0 Å². The summed E-state index contributed by atoms with van der Waals surface area (Å²) in [5.74, 6) is 0. The average Bonchev–Trinajstić information content (AvgIpc) is 1.81. The molecule has 0 amide bonds. The van der Waals surface area contributed by atoms with E-state index in [1.165, 1.54) is 0 Å². The predicted octanol–water partition coefficient (Wildman–Crippen LogP) is 2.38. The second-order valence-corrected chi connectivity index (χ2v) is 1.37. The topological polar surface area (TPSA) is 24.7 Å². The highest BCUT2D eigenvalue weighted by Gasteiger charge is 1.62. The predicted molar refractivity (Wildman–Crippen MR) is 34.8 cm³/mol. The molecular formula is C6H12N2. The molecule has 0 aromatic rings. The molecule has 2 heteroatoms. The fourth-order valence-electron chi connectivity index (χ4n) is 0.281. The number of rotatable bonds is 3. The molecule has 0 N–H and O–H groups in total. The van der Waals surface area contributed by atoms with Crippen LogP contribution in [0.2, 0.25) is 0 Å². The summed E-state index contributed by atoms with van der Waals surface area (Å²) in [6, 6.07) is 0. The zero-order chi connectivity index (χ0) is 6.24. The van der Waals surface area contributed by atoms with E-state index in [1.807, 2.05) is 13.0 Å². The summed E-state index contributed by atoms with van der Waals surface area (Å²) in [6.45, 7) is 4.80. The Morgan fingerprint density at radius 1 is 1.38 bits per heavy atom. The Kier molecular flexibility index (Phi) is 5.82. The molecule has 0 aromatic heterocycles. The van der Waals surface area contributed by atoms with Crippen molar-refractivity contribution >= 4 is 0 Å². The van der Waals surface area contributed by atoms with Gasteiger partial charge in [-0.05, 0) is 13.3 Å². The van der Waals surface area contributed by atoms with Gasteiger partial charge in [-0.2, -0.15) is 10.2 Å². The van der Waals surface area contributed by atoms with Crippen molar-refractivity contribution in [1.29, 1.82) is 0 Å². The molecule has 0 unspecified atom stereocenters. The number of hydrogen-bond acceptors (Lipinski definition) is 2. The zero-order valence-electron chi connectivity index (χ0n) is 5.46. The number of nitrogens with zero attached hydrogens (tertiary/aromatic N) is 2. The third kappa shape index (κ3) is 5.34. The Bertz CT molecular complexity index is 72.5. The maximum Gasteiger partial charge on any atom is 0.0574 e. The SMILES string of the molecule is CC/C=C\N=N/CC. The van der Waals surface area contributed by atoms with Crippen molar-refractivity contribution in [2.75, 3.05) is 6.54 Å². The zero-order valence-corrected chi connectivity index (χ0v) is 5.46. The second-order valence-electron chi connectivity index (χ2n) is 1.37. The Hall–Kier alpha value is -0.660. The molecule has 0 saturated carbocycles. The van der Waals surface area contributed by atoms with Crippen molar-refractivity contribution in [2.45, 2.75) is 20.3 Å². The van der Waals surface area contributed by atoms with Gasteiger partial charge in [-0.3, -0.25) is 0 Å². The molecule has 0 saturated heterocycles. The van der Waals surface area contributed by atoms with Gasteiger partial charge in [0, 0.05) is 6.20 Å². The van der Waals surface area contributed by atoms with E-state index in [-0.39, 0.29) is 0 Å². The maximum atomic E-state index is 3.75. The minimum Gasteiger partial charge on any atom is -0.190 e. The van der Waals surface area contributed by atoms with Crippen LogP contribution in [-0.4, -0.2) is 6.54 Å². The molecule has 0 heterocycles. The van der Waals surface area contributed by atoms with Crippen LogP contribution in [0.15, 0.2) is 22.5 Å². The molecule has 8 heavy (non-hydrogen) atoms. The Morgan fingerprint density at radius 2 is 2.12 bits per heavy atom. The first-order valence-corrected chi connectivity index (χ1v) is 2.93. The summed E-state index contributed by atoms with van der Waals surface area (Å²) in [5.41, 5.74) is 0. The first-order chi connectivity index (χ1) is 3.91. The van der Waals surface area contributed by atoms with E-state index < -0.39 is 0 Å². The molecular weight excluding hydrogens is 100 g/mol. The first kappa shape index (κ1) is 7.34. The van der Waals surface area contributed by atoms with Crippen LogP contribution in [-0.2, 0) is 0 Å². The highest BCUT2D eigenvalue weighted by Crippen LogP contribution is 1.81. The highest BCUT2D eigenvalue weighted by atomic mass is 15.1. The van der Waals surface area contributed by atoms with Gasteiger partial charge in [-0.1, -0.05) is 13.0 Å². The van der Waals surface area contributed by atoms with Crippen molar-refractivity contribution in [2.24, 2.45) is 10.2 Å². The van der Waals surface area contributed by atoms with Gasteiger partial charge in [0.2, 0.25) is 0 Å². The van der Waals surface area contributed by atoms with Crippen LogP contribution in [0.25, 0.3) is 0 Å². The molecule has 46 valence electrons. The molecule has 0 aliphatic carbocycles. The van der Waals surface area contributed by atoms with E-state index in [0.717, 1.165) is 13.0 Å². The van der Waals surface area contributed by atoms with E-state index in [2.05, 4.69) is 17.2 Å². The Balaban J connectivity index is 3.13. The highest BCUT2D eigenvalue weighted by molar-refractivity contribution is 4.75. The van der Waals surface area contributed by atoms with E-state index in [9.17, 15) is 0 Å². The van der Waals surface area contributed by atoms with Gasteiger partial charge < -0.3 is 0 Å². The summed E-state index contributed by atoms with van der Waals surface area (Å²) in [5, 5.41) is 7.47. The number of hydrogen-bond donors (Lipinski definition) is 0. The molecule has 0 aliphatic heterocycles. The van der Waals surface area contributed by atoms with Crippen LogP contribution in [0.4, 0.5) is 0 Å². The van der Waals surface area contributed by atoms with Gasteiger partial charge in [0.25, 0.3) is 0 Å². The normalized spacial score (nSPS) is 11.8. The van der Waals surface area contributed by atoms with Crippen LogP contribution < -0.4 is 0 Å². The minimum atomic E-state index is 0.772. The van der Waals surface area contributed by atoms with Crippen LogP contribution in [0, 0.1) is 0 Å². The summed E-state index contributed by atoms with van der Waals surface area (Å²) in [4.78, 5) is 0. The third-order valence-corrected chi connectivity index (χ3v) is 0.631. The molecule has 0 fully saturated rings. The molecule has 0 radical (unpaired) electrons. The third-order valence-electron chi connectivity index (χ3n) is 0.631. The van der Waals surface area contributed by atoms with Crippen LogP contribution in [0.1, 0.15) is 20.3 Å². The lowest BCUT2D eigenvalue weighted by Crippen LogP contribution is -1.59. The maximum absolute atomic E-state index is 3.75. The lowest BCUT2D eigenvalue weighted by atomic mass is 10.5. The molecule has 2 nitrogen and oxygen atoms in total. The van der Waals surface area contributed by atoms with E-state index in [1.54, 1.807) is 6.20 Å². The smallest absolute Gasteiger partial charge is 0.0574 e. The van der Waals surface area contributed by atoms with Crippen molar-refractivity contribution in [3.63, 3.8) is 0 Å². The van der Waals surface area contributed by atoms with Crippen molar-refractivity contribution in [3.05, 3.63) is 12.3 Å². The minimum absolute atomic E-state index is 0.772. The van der Waals surface area contributed by atoms with Gasteiger partial charge in [0.1, 0.15) is 0 Å². The fraction of sp³-hybridized carbons (Fsp3) is 0.667. The Labute approximate surface area is 50.3 Å². The largest absolute Gasteiger partial charge is 0.190 e. The molecule has 0 aromatic carbocycles. The first-order valence-electron chi connectivity index (χ1n) is 2.93. The standard InChI is InChI=1S/C6H12N2/c1-3-5-6-8-7-4-2/h5-6H,3-4H2,1-2H3/b6-5-,8-7-. The van der Waals surface area contributed by atoms with Crippen LogP contribution >= 0.6 is 0 Å². The van der Waals surface area contributed by atoms with E-state index in [4.69, 9.17) is 0 Å². The van der Waals surface area contributed by atoms with Crippen molar-refractivity contribution < 1.29 is 0 Å². The summed E-state index contributed by atoms with van der Waals surface area (Å²) in [7, 11) is 0. The van der Waals surface area contributed by atoms with Gasteiger partial charge in [-0.25, -0.2) is 0 Å². The lowest BCUT2D eigenvalue weighted by Gasteiger charge is -1.74. The quantitative estimate of drug-likeness (QED) is 0.501. The molecule has 0 rings (SSSR count). The average molecular weight is 112 g/mol. The number of allylic oxidation sites excluding steroid dienone is 1. The van der Waals surface area contributed by atoms with Gasteiger partial charge in [0.15, 0.2) is 0 Å². The summed E-state index contributed by atoms with van der Waals surface area (Å²) >= 11 is 0. The lowest BCUT2D eigenvalue weighted by molar-refractivity contribution is 0.997. The molecule has 0 bridgehead atoms. The van der Waals surface area contributed by atoms with Gasteiger partial charge in [0.05, 0.1) is 6.54 Å². The van der Waals surface area contributed by atoms with Crippen molar-refractivity contribution in [1.82, 2.24) is 0 Å². The molecule has 0 aliphatic rings. The molecule has 0 atom stereocenters. The molecule has 0 spiro atoms. The van der Waals surface area contributed by atoms with Gasteiger partial charge in [-0.15, -0.1) is 0 Å². The second kappa shape index (κ2) is 6.34. The number of azo groups is 1. The van der Waals surface area contributed by atoms with Crippen LogP contribution in [0.3, 0.4) is 0 Å². The van der Waals surface area contributed by atoms with Crippen LogP contribution in [0.5, 0.6) is 0 Å². The van der Waals surface area contributed by atoms with Gasteiger partial charge >= 0.3 is 0 Å². The van der Waals surface area contributed by atoms with E-state index in [0.29, 0.717) is 0 Å². The van der Waals surface area contributed by atoms with E-state index >= 15 is 0 Å². The Morgan fingerprint density at radius 3 is 2.62 bits per heavy atom.